The van der Waals surface area contributed by atoms with E-state index in [0.717, 1.165) is 23.9 Å². The average Bonchev–Trinajstić information content (AvgIpc) is 2.61. The van der Waals surface area contributed by atoms with Crippen LogP contribution in [0.15, 0.2) is 36.5 Å². The monoisotopic (exact) mass is 312 g/mol. The minimum Gasteiger partial charge on any atom is -0.378 e. The molecular formula is C19H24N2O2. The molecule has 0 saturated heterocycles. The second-order valence-corrected chi connectivity index (χ2v) is 6.12. The SMILES string of the molecule is O=C(NCCCOC1CCCCC1)c1cccc2cccnc12. The Labute approximate surface area is 137 Å². The Morgan fingerprint density at radius 1 is 1.17 bits per heavy atom. The molecule has 0 spiro atoms. The van der Waals surface area contributed by atoms with Gasteiger partial charge in [0.1, 0.15) is 0 Å². The standard InChI is InChI=1S/C19H24N2O2/c22-19(17-11-4-7-15-8-5-12-20-18(15)17)21-13-6-14-23-16-9-2-1-3-10-16/h4-5,7-8,11-12,16H,1-3,6,9-10,13-14H2,(H,21,22). The van der Waals surface area contributed by atoms with Gasteiger partial charge < -0.3 is 10.1 Å². The van der Waals surface area contributed by atoms with Crippen molar-refractivity contribution in [1.29, 1.82) is 0 Å². The number of nitrogens with one attached hydrogen (secondary N) is 1. The van der Waals surface area contributed by atoms with Gasteiger partial charge in [-0.15, -0.1) is 0 Å². The number of para-hydroxylation sites is 1. The van der Waals surface area contributed by atoms with E-state index >= 15 is 0 Å². The predicted octanol–water partition coefficient (Wildman–Crippen LogP) is 3.70. The van der Waals surface area contributed by atoms with Gasteiger partial charge in [0.05, 0.1) is 17.2 Å². The molecule has 23 heavy (non-hydrogen) atoms. The van der Waals surface area contributed by atoms with Crippen LogP contribution in [0.4, 0.5) is 0 Å². The number of pyridine rings is 1. The Balaban J connectivity index is 1.45. The molecule has 1 saturated carbocycles. The molecule has 122 valence electrons. The lowest BCUT2D eigenvalue weighted by Crippen LogP contribution is -2.26. The Kier molecular flexibility index (Phi) is 5.59. The van der Waals surface area contributed by atoms with Crippen molar-refractivity contribution in [3.05, 3.63) is 42.1 Å². The molecular weight excluding hydrogens is 288 g/mol. The normalized spacial score (nSPS) is 15.7. The van der Waals surface area contributed by atoms with Crippen LogP contribution in [-0.2, 0) is 4.74 Å². The van der Waals surface area contributed by atoms with E-state index in [1.54, 1.807) is 6.20 Å². The van der Waals surface area contributed by atoms with E-state index in [1.165, 1.54) is 32.1 Å². The van der Waals surface area contributed by atoms with Crippen LogP contribution in [-0.4, -0.2) is 30.1 Å². The Bertz CT molecular complexity index is 645. The molecule has 3 rings (SSSR count). The number of nitrogens with zero attached hydrogens (tertiary/aromatic N) is 1. The summed E-state index contributed by atoms with van der Waals surface area (Å²) in [5, 5.41) is 3.96. The number of carbonyl (C=O) groups is 1. The number of rotatable bonds is 6. The summed E-state index contributed by atoms with van der Waals surface area (Å²) < 4.78 is 5.88. The zero-order valence-electron chi connectivity index (χ0n) is 13.5. The fourth-order valence-corrected chi connectivity index (χ4v) is 3.14. The number of amides is 1. The molecule has 1 aromatic carbocycles. The number of aromatic nitrogens is 1. The summed E-state index contributed by atoms with van der Waals surface area (Å²) in [6, 6.07) is 9.54. The van der Waals surface area contributed by atoms with Crippen LogP contribution in [0.25, 0.3) is 10.9 Å². The third kappa shape index (κ3) is 4.29. The van der Waals surface area contributed by atoms with Crippen LogP contribution in [0.5, 0.6) is 0 Å². The molecule has 2 aromatic rings. The van der Waals surface area contributed by atoms with Crippen LogP contribution in [0.2, 0.25) is 0 Å². The fourth-order valence-electron chi connectivity index (χ4n) is 3.14. The lowest BCUT2D eigenvalue weighted by atomic mass is 9.98. The average molecular weight is 312 g/mol. The summed E-state index contributed by atoms with van der Waals surface area (Å²) in [6.45, 7) is 1.35. The second-order valence-electron chi connectivity index (χ2n) is 6.12. The molecule has 1 aliphatic rings. The summed E-state index contributed by atoms with van der Waals surface area (Å²) in [5.74, 6) is -0.0630. The largest absolute Gasteiger partial charge is 0.378 e. The molecule has 4 heteroatoms. The highest BCUT2D eigenvalue weighted by Crippen LogP contribution is 2.20. The molecule has 1 fully saturated rings. The van der Waals surface area contributed by atoms with Crippen molar-refractivity contribution >= 4 is 16.8 Å². The summed E-state index contributed by atoms with van der Waals surface area (Å²) >= 11 is 0. The van der Waals surface area contributed by atoms with E-state index in [9.17, 15) is 4.79 Å². The number of carbonyl (C=O) groups excluding carboxylic acids is 1. The number of fused-ring (bicyclic) bond motifs is 1. The Hall–Kier alpha value is -1.94. The molecule has 1 N–H and O–H groups in total. The molecule has 1 amide bonds. The lowest BCUT2D eigenvalue weighted by Gasteiger charge is -2.21. The summed E-state index contributed by atoms with van der Waals surface area (Å²) in [5.41, 5.74) is 1.39. The minimum absolute atomic E-state index is 0.0630. The van der Waals surface area contributed by atoms with E-state index in [0.29, 0.717) is 18.2 Å². The highest BCUT2D eigenvalue weighted by molar-refractivity contribution is 6.05. The van der Waals surface area contributed by atoms with Gasteiger partial charge in [-0.25, -0.2) is 0 Å². The topological polar surface area (TPSA) is 51.2 Å². The van der Waals surface area contributed by atoms with Crippen LogP contribution in [0, 0.1) is 0 Å². The van der Waals surface area contributed by atoms with Crippen molar-refractivity contribution in [2.24, 2.45) is 0 Å². The van der Waals surface area contributed by atoms with E-state index < -0.39 is 0 Å². The van der Waals surface area contributed by atoms with Crippen molar-refractivity contribution in [2.75, 3.05) is 13.2 Å². The van der Waals surface area contributed by atoms with E-state index in [4.69, 9.17) is 4.74 Å². The third-order valence-corrected chi connectivity index (χ3v) is 4.39. The molecule has 1 aromatic heterocycles. The third-order valence-electron chi connectivity index (χ3n) is 4.39. The van der Waals surface area contributed by atoms with Gasteiger partial charge in [0.25, 0.3) is 5.91 Å². The van der Waals surface area contributed by atoms with Gasteiger partial charge in [-0.05, 0) is 31.4 Å². The first-order chi connectivity index (χ1) is 11.3. The first-order valence-electron chi connectivity index (χ1n) is 8.58. The smallest absolute Gasteiger partial charge is 0.253 e. The molecule has 0 radical (unpaired) electrons. The number of ether oxygens (including phenoxy) is 1. The van der Waals surface area contributed by atoms with E-state index in [1.807, 2.05) is 30.3 Å². The predicted molar refractivity (Wildman–Crippen MR) is 91.5 cm³/mol. The van der Waals surface area contributed by atoms with Crippen molar-refractivity contribution in [1.82, 2.24) is 10.3 Å². The molecule has 0 unspecified atom stereocenters. The van der Waals surface area contributed by atoms with Gasteiger partial charge in [-0.3, -0.25) is 9.78 Å². The van der Waals surface area contributed by atoms with Crippen LogP contribution in [0.1, 0.15) is 48.9 Å². The zero-order valence-corrected chi connectivity index (χ0v) is 13.5. The van der Waals surface area contributed by atoms with Gasteiger partial charge in [0.15, 0.2) is 0 Å². The van der Waals surface area contributed by atoms with Gasteiger partial charge in [-0.2, -0.15) is 0 Å². The van der Waals surface area contributed by atoms with E-state index in [-0.39, 0.29) is 5.91 Å². The maximum Gasteiger partial charge on any atom is 0.253 e. The highest BCUT2D eigenvalue weighted by Gasteiger charge is 2.13. The molecule has 1 heterocycles. The van der Waals surface area contributed by atoms with Gasteiger partial charge in [0, 0.05) is 24.7 Å². The van der Waals surface area contributed by atoms with Crippen LogP contribution >= 0.6 is 0 Å². The second kappa shape index (κ2) is 8.06. The molecule has 1 aliphatic carbocycles. The molecule has 0 bridgehead atoms. The lowest BCUT2D eigenvalue weighted by molar-refractivity contribution is 0.0273. The minimum atomic E-state index is -0.0630. The first-order valence-corrected chi connectivity index (χ1v) is 8.58. The van der Waals surface area contributed by atoms with Crippen molar-refractivity contribution in [3.63, 3.8) is 0 Å². The van der Waals surface area contributed by atoms with E-state index in [2.05, 4.69) is 10.3 Å². The maximum absolute atomic E-state index is 12.3. The van der Waals surface area contributed by atoms with Crippen LogP contribution in [0.3, 0.4) is 0 Å². The number of hydrogen-bond acceptors (Lipinski definition) is 3. The van der Waals surface area contributed by atoms with Crippen molar-refractivity contribution < 1.29 is 9.53 Å². The van der Waals surface area contributed by atoms with Gasteiger partial charge >= 0.3 is 0 Å². The summed E-state index contributed by atoms with van der Waals surface area (Å²) in [6.07, 6.45) is 9.29. The number of hydrogen-bond donors (Lipinski definition) is 1. The van der Waals surface area contributed by atoms with Crippen molar-refractivity contribution in [2.45, 2.75) is 44.6 Å². The fraction of sp³-hybridized carbons (Fsp3) is 0.474. The zero-order chi connectivity index (χ0) is 15.9. The van der Waals surface area contributed by atoms with Gasteiger partial charge in [-0.1, -0.05) is 37.5 Å². The highest BCUT2D eigenvalue weighted by atomic mass is 16.5. The number of benzene rings is 1. The Morgan fingerprint density at radius 2 is 2.00 bits per heavy atom. The molecule has 0 aliphatic heterocycles. The first kappa shape index (κ1) is 15.9. The maximum atomic E-state index is 12.3. The quantitative estimate of drug-likeness (QED) is 0.827. The van der Waals surface area contributed by atoms with Crippen LogP contribution < -0.4 is 5.32 Å². The van der Waals surface area contributed by atoms with Gasteiger partial charge in [0.2, 0.25) is 0 Å². The van der Waals surface area contributed by atoms with Crippen molar-refractivity contribution in [3.8, 4) is 0 Å². The summed E-state index contributed by atoms with van der Waals surface area (Å²) in [7, 11) is 0. The Morgan fingerprint density at radius 3 is 2.87 bits per heavy atom. The molecule has 4 nitrogen and oxygen atoms in total. The summed E-state index contributed by atoms with van der Waals surface area (Å²) in [4.78, 5) is 16.7. The molecule has 0 atom stereocenters.